The first-order valence-corrected chi connectivity index (χ1v) is 12.1. The number of amides is 2. The van der Waals surface area contributed by atoms with Gasteiger partial charge in [-0.3, -0.25) is 14.5 Å². The molecule has 0 aromatic heterocycles. The fourth-order valence-electron chi connectivity index (χ4n) is 5.00. The number of rotatable bonds is 6. The molecule has 1 N–H and O–H groups in total. The Bertz CT molecular complexity index is 1110. The summed E-state index contributed by atoms with van der Waals surface area (Å²) in [5.41, 5.74) is 5.53. The highest BCUT2D eigenvalue weighted by Gasteiger charge is 2.41. The number of carbonyl (C=O) groups excluding carboxylic acids is 2. The summed E-state index contributed by atoms with van der Waals surface area (Å²) in [6, 6.07) is 13.4. The van der Waals surface area contributed by atoms with Gasteiger partial charge in [-0.1, -0.05) is 41.6 Å². The van der Waals surface area contributed by atoms with Crippen molar-refractivity contribution in [3.05, 3.63) is 59.2 Å². The number of nitrogens with zero attached hydrogens (tertiary/aromatic N) is 4. The van der Waals surface area contributed by atoms with Gasteiger partial charge in [-0.25, -0.2) is 0 Å². The zero-order chi connectivity index (χ0) is 24.9. The minimum absolute atomic E-state index is 0.0579. The molecule has 8 heteroatoms. The van der Waals surface area contributed by atoms with Crippen molar-refractivity contribution in [1.29, 1.82) is 0 Å². The molecule has 0 spiro atoms. The van der Waals surface area contributed by atoms with Crippen LogP contribution in [0.4, 0.5) is 0 Å². The third kappa shape index (κ3) is 5.39. The molecule has 0 unspecified atom stereocenters. The van der Waals surface area contributed by atoms with Crippen LogP contribution < -0.4 is 0 Å². The van der Waals surface area contributed by atoms with Crippen LogP contribution >= 0.6 is 0 Å². The Kier molecular flexibility index (Phi) is 7.83. The Morgan fingerprint density at radius 3 is 2.46 bits per heavy atom. The summed E-state index contributed by atoms with van der Waals surface area (Å²) in [5.74, 6) is -0.227. The maximum atomic E-state index is 13.7. The van der Waals surface area contributed by atoms with E-state index in [0.717, 1.165) is 16.7 Å². The van der Waals surface area contributed by atoms with Gasteiger partial charge in [-0.2, -0.15) is 0 Å². The number of hydrogen-bond acceptors (Lipinski definition) is 6. The van der Waals surface area contributed by atoms with E-state index in [1.54, 1.807) is 4.90 Å². The van der Waals surface area contributed by atoms with Crippen LogP contribution in [0.15, 0.2) is 47.6 Å². The first kappa shape index (κ1) is 24.9. The lowest BCUT2D eigenvalue weighted by molar-refractivity contribution is -0.137. The lowest BCUT2D eigenvalue weighted by atomic mass is 9.96. The third-order valence-corrected chi connectivity index (χ3v) is 6.94. The van der Waals surface area contributed by atoms with E-state index in [1.165, 1.54) is 12.7 Å². The van der Waals surface area contributed by atoms with Crippen LogP contribution in [-0.2, 0) is 9.63 Å². The van der Waals surface area contributed by atoms with Crippen LogP contribution in [0.3, 0.4) is 0 Å². The topological polar surface area (TPSA) is 85.7 Å². The van der Waals surface area contributed by atoms with Gasteiger partial charge in [0.2, 0.25) is 5.91 Å². The average molecular weight is 479 g/mol. The zero-order valence-corrected chi connectivity index (χ0v) is 20.7. The van der Waals surface area contributed by atoms with Crippen molar-refractivity contribution in [2.75, 3.05) is 53.0 Å². The molecule has 186 valence electrons. The predicted octanol–water partition coefficient (Wildman–Crippen LogP) is 2.32. The van der Waals surface area contributed by atoms with Gasteiger partial charge in [-0.05, 0) is 42.2 Å². The Morgan fingerprint density at radius 2 is 1.80 bits per heavy atom. The van der Waals surface area contributed by atoms with Crippen LogP contribution in [0.5, 0.6) is 0 Å². The Labute approximate surface area is 206 Å². The van der Waals surface area contributed by atoms with Gasteiger partial charge in [0.25, 0.3) is 5.91 Å². The minimum Gasteiger partial charge on any atom is -0.399 e. The molecule has 2 heterocycles. The maximum Gasteiger partial charge on any atom is 0.255 e. The van der Waals surface area contributed by atoms with Crippen molar-refractivity contribution in [2.24, 2.45) is 5.16 Å². The predicted molar refractivity (Wildman–Crippen MR) is 135 cm³/mol. The molecule has 4 rings (SSSR count). The van der Waals surface area contributed by atoms with E-state index in [0.29, 0.717) is 50.4 Å². The van der Waals surface area contributed by atoms with Crippen LogP contribution in [-0.4, -0.2) is 96.4 Å². The van der Waals surface area contributed by atoms with Gasteiger partial charge in [0.15, 0.2) is 0 Å². The van der Waals surface area contributed by atoms with Crippen LogP contribution in [0.25, 0.3) is 11.1 Å². The van der Waals surface area contributed by atoms with Crippen molar-refractivity contribution in [3.8, 4) is 11.1 Å². The quantitative estimate of drug-likeness (QED) is 0.644. The summed E-state index contributed by atoms with van der Waals surface area (Å²) in [5, 5.41) is 13.2. The molecule has 1 atom stereocenters. The van der Waals surface area contributed by atoms with E-state index < -0.39 is 6.04 Å². The van der Waals surface area contributed by atoms with Crippen LogP contribution in [0.1, 0.15) is 27.9 Å². The van der Waals surface area contributed by atoms with Crippen molar-refractivity contribution >= 4 is 17.5 Å². The van der Waals surface area contributed by atoms with E-state index in [1.807, 2.05) is 42.2 Å². The van der Waals surface area contributed by atoms with Crippen molar-refractivity contribution in [1.82, 2.24) is 14.7 Å². The number of β-amino-alcohol motifs (C(OH)–C–C–N with tert-alkyl or cyclic N) is 1. The lowest BCUT2D eigenvalue weighted by Gasteiger charge is -2.37. The van der Waals surface area contributed by atoms with E-state index >= 15 is 0 Å². The number of benzene rings is 2. The first-order valence-electron chi connectivity index (χ1n) is 12.1. The highest BCUT2D eigenvalue weighted by atomic mass is 16.6. The van der Waals surface area contributed by atoms with Crippen LogP contribution in [0, 0.1) is 13.8 Å². The number of piperazine rings is 1. The van der Waals surface area contributed by atoms with E-state index in [-0.39, 0.29) is 25.0 Å². The summed E-state index contributed by atoms with van der Waals surface area (Å²) in [4.78, 5) is 37.7. The molecule has 2 amide bonds. The number of likely N-dealkylation sites (tertiary alicyclic amines) is 1. The van der Waals surface area contributed by atoms with Crippen molar-refractivity contribution in [2.45, 2.75) is 26.3 Å². The molecule has 8 nitrogen and oxygen atoms in total. The number of aliphatic hydroxyl groups excluding tert-OH is 1. The second-order valence-corrected chi connectivity index (χ2v) is 9.23. The van der Waals surface area contributed by atoms with E-state index in [2.05, 4.69) is 29.1 Å². The van der Waals surface area contributed by atoms with Crippen molar-refractivity contribution in [3.63, 3.8) is 0 Å². The number of hydrogen-bond donors (Lipinski definition) is 1. The number of oxime groups is 1. The van der Waals surface area contributed by atoms with Crippen LogP contribution in [0.2, 0.25) is 0 Å². The summed E-state index contributed by atoms with van der Waals surface area (Å²) in [6.45, 7) is 7.59. The number of aliphatic hydroxyl groups is 1. The number of aryl methyl sites for hydroxylation is 2. The highest BCUT2D eigenvalue weighted by Crippen LogP contribution is 2.28. The largest absolute Gasteiger partial charge is 0.399 e. The Balaban J connectivity index is 1.55. The molecular formula is C27H34N4O4. The molecule has 2 aliphatic rings. The van der Waals surface area contributed by atoms with Gasteiger partial charge in [0.05, 0.1) is 18.9 Å². The molecular weight excluding hydrogens is 444 g/mol. The zero-order valence-electron chi connectivity index (χ0n) is 20.7. The smallest absolute Gasteiger partial charge is 0.255 e. The average Bonchev–Trinajstić information content (AvgIpc) is 3.28. The molecule has 0 radical (unpaired) electrons. The van der Waals surface area contributed by atoms with Gasteiger partial charge in [0, 0.05) is 44.7 Å². The van der Waals surface area contributed by atoms with Gasteiger partial charge in [-0.15, -0.1) is 0 Å². The molecule has 0 aliphatic carbocycles. The lowest BCUT2D eigenvalue weighted by Crippen LogP contribution is -2.54. The third-order valence-electron chi connectivity index (χ3n) is 6.94. The fraction of sp³-hybridized carbons (Fsp3) is 0.444. The number of carbonyl (C=O) groups is 2. The monoisotopic (exact) mass is 478 g/mol. The molecule has 2 aromatic carbocycles. The molecule has 0 bridgehead atoms. The van der Waals surface area contributed by atoms with E-state index in [9.17, 15) is 14.7 Å². The van der Waals surface area contributed by atoms with Gasteiger partial charge in [0.1, 0.15) is 13.2 Å². The van der Waals surface area contributed by atoms with E-state index in [4.69, 9.17) is 4.84 Å². The Hall–Kier alpha value is -3.23. The molecule has 0 saturated carbocycles. The van der Waals surface area contributed by atoms with Gasteiger partial charge < -0.3 is 19.7 Å². The standard InChI is InChI=1S/C27H34N4O4/c1-19-6-4-5-7-23(19)21-8-9-24(20(2)16-21)26(33)31-18-22(28-35-3)17-25(31)27(34)30-12-10-29(11-13-30)14-15-32/h4-9,16,25,32H,10-15,17-18H2,1-3H3/t25-/m0/s1. The first-order chi connectivity index (χ1) is 16.9. The minimum atomic E-state index is -0.601. The summed E-state index contributed by atoms with van der Waals surface area (Å²) in [6.07, 6.45) is 0.371. The molecule has 35 heavy (non-hydrogen) atoms. The summed E-state index contributed by atoms with van der Waals surface area (Å²) >= 11 is 0. The molecule has 2 aliphatic heterocycles. The fourth-order valence-corrected chi connectivity index (χ4v) is 5.00. The SMILES string of the molecule is CON=C1C[C@@H](C(=O)N2CCN(CCO)CC2)N(C(=O)c2ccc(-c3ccccc3C)cc2C)C1. The second-order valence-electron chi connectivity index (χ2n) is 9.23. The second kappa shape index (κ2) is 11.0. The molecule has 2 aromatic rings. The highest BCUT2D eigenvalue weighted by molar-refractivity contribution is 6.06. The summed E-state index contributed by atoms with van der Waals surface area (Å²) in [7, 11) is 1.48. The normalized spacial score (nSPS) is 19.9. The maximum absolute atomic E-state index is 13.7. The van der Waals surface area contributed by atoms with Gasteiger partial charge >= 0.3 is 0 Å². The molecule has 2 saturated heterocycles. The summed E-state index contributed by atoms with van der Waals surface area (Å²) < 4.78 is 0. The molecule has 2 fully saturated rings. The van der Waals surface area contributed by atoms with Crippen molar-refractivity contribution < 1.29 is 19.5 Å². The Morgan fingerprint density at radius 1 is 1.06 bits per heavy atom.